The van der Waals surface area contributed by atoms with Gasteiger partial charge in [-0.1, -0.05) is 18.5 Å². The molecule has 0 bridgehead atoms. The van der Waals surface area contributed by atoms with Crippen molar-refractivity contribution in [2.24, 2.45) is 0 Å². The zero-order chi connectivity index (χ0) is 16.5. The lowest BCUT2D eigenvalue weighted by Gasteiger charge is -2.14. The number of nitrogens with one attached hydrogen (secondary N) is 3. The predicted octanol–water partition coefficient (Wildman–Crippen LogP) is 0.191. The molecule has 2 amide bonds. The number of nitriles is 1. The molecule has 1 rings (SSSR count). The largest absolute Gasteiger partial charge is 0.351 e. The van der Waals surface area contributed by atoms with Crippen LogP contribution in [0.2, 0.25) is 5.02 Å². The lowest BCUT2D eigenvalue weighted by molar-refractivity contribution is -0.862. The van der Waals surface area contributed by atoms with E-state index in [1.165, 1.54) is 6.07 Å². The second kappa shape index (κ2) is 9.03. The fraction of sp³-hybridized carbons (Fsp3) is 0.400. The molecule has 22 heavy (non-hydrogen) atoms. The van der Waals surface area contributed by atoms with Crippen LogP contribution in [0, 0.1) is 11.3 Å². The van der Waals surface area contributed by atoms with E-state index in [2.05, 4.69) is 10.6 Å². The second-order valence-electron chi connectivity index (χ2n) is 5.01. The van der Waals surface area contributed by atoms with Crippen molar-refractivity contribution in [3.05, 3.63) is 28.8 Å². The van der Waals surface area contributed by atoms with E-state index in [-0.39, 0.29) is 24.9 Å². The molecule has 1 atom stereocenters. The molecule has 0 saturated heterocycles. The summed E-state index contributed by atoms with van der Waals surface area (Å²) in [5.41, 5.74) is 0.722. The van der Waals surface area contributed by atoms with Gasteiger partial charge in [0.1, 0.15) is 6.07 Å². The molecule has 1 unspecified atom stereocenters. The molecule has 0 radical (unpaired) electrons. The molecule has 1 aromatic carbocycles. The summed E-state index contributed by atoms with van der Waals surface area (Å²) in [5, 5.41) is 14.9. The summed E-state index contributed by atoms with van der Waals surface area (Å²) in [6.45, 7) is 2.94. The minimum atomic E-state index is -0.278. The zero-order valence-corrected chi connectivity index (χ0v) is 13.5. The van der Waals surface area contributed by atoms with Gasteiger partial charge in [0, 0.05) is 11.6 Å². The van der Waals surface area contributed by atoms with Gasteiger partial charge in [-0.15, -0.1) is 0 Å². The summed E-state index contributed by atoms with van der Waals surface area (Å²) in [5.74, 6) is -0.368. The molecule has 3 N–H and O–H groups in total. The van der Waals surface area contributed by atoms with E-state index in [4.69, 9.17) is 16.9 Å². The van der Waals surface area contributed by atoms with Crippen LogP contribution in [-0.4, -0.2) is 38.5 Å². The molecule has 0 aliphatic carbocycles. The molecule has 0 heterocycles. The fourth-order valence-electron chi connectivity index (χ4n) is 1.85. The van der Waals surface area contributed by atoms with Crippen LogP contribution in [0.3, 0.4) is 0 Å². The van der Waals surface area contributed by atoms with Gasteiger partial charge in [0.15, 0.2) is 13.1 Å². The summed E-state index contributed by atoms with van der Waals surface area (Å²) >= 11 is 5.86. The Morgan fingerprint density at radius 1 is 1.32 bits per heavy atom. The average molecular weight is 324 g/mol. The number of amides is 2. The number of rotatable bonds is 7. The summed E-state index contributed by atoms with van der Waals surface area (Å²) < 4.78 is 0. The van der Waals surface area contributed by atoms with E-state index >= 15 is 0 Å². The van der Waals surface area contributed by atoms with Gasteiger partial charge in [-0.05, 0) is 24.6 Å². The second-order valence-corrected chi connectivity index (χ2v) is 5.45. The average Bonchev–Trinajstić information content (AvgIpc) is 2.45. The van der Waals surface area contributed by atoms with Gasteiger partial charge in [0.2, 0.25) is 0 Å². The van der Waals surface area contributed by atoms with Crippen LogP contribution in [0.1, 0.15) is 18.9 Å². The standard InChI is InChI=1S/C15H19ClN4O2/c1-3-6-18-14(21)9-20(2)10-15(22)19-13-7-12(16)5-4-11(13)8-17/h4-5,7H,3,6,9-10H2,1-2H3,(H,18,21)(H,19,22)/p+1. The third kappa shape index (κ3) is 6.12. The van der Waals surface area contributed by atoms with E-state index < -0.39 is 0 Å². The lowest BCUT2D eigenvalue weighted by Crippen LogP contribution is -3.11. The van der Waals surface area contributed by atoms with E-state index in [0.29, 0.717) is 22.8 Å². The molecule has 0 aliphatic rings. The third-order valence-electron chi connectivity index (χ3n) is 2.87. The van der Waals surface area contributed by atoms with Gasteiger partial charge in [-0.25, -0.2) is 0 Å². The Bertz CT molecular complexity index is 583. The van der Waals surface area contributed by atoms with Crippen LogP contribution >= 0.6 is 11.6 Å². The van der Waals surface area contributed by atoms with Gasteiger partial charge in [0.25, 0.3) is 11.8 Å². The first-order valence-corrected chi connectivity index (χ1v) is 7.41. The van der Waals surface area contributed by atoms with Crippen molar-refractivity contribution >= 4 is 29.1 Å². The first kappa shape index (κ1) is 18.0. The molecule has 1 aromatic rings. The monoisotopic (exact) mass is 323 g/mol. The van der Waals surface area contributed by atoms with Gasteiger partial charge in [-0.3, -0.25) is 9.59 Å². The van der Waals surface area contributed by atoms with Crippen molar-refractivity contribution in [2.45, 2.75) is 13.3 Å². The van der Waals surface area contributed by atoms with Crippen molar-refractivity contribution in [3.63, 3.8) is 0 Å². The third-order valence-corrected chi connectivity index (χ3v) is 3.11. The molecule has 7 heteroatoms. The quantitative estimate of drug-likeness (QED) is 0.669. The van der Waals surface area contributed by atoms with Crippen LogP contribution in [0.15, 0.2) is 18.2 Å². The van der Waals surface area contributed by atoms with Crippen LogP contribution in [0.25, 0.3) is 0 Å². The van der Waals surface area contributed by atoms with E-state index in [1.807, 2.05) is 13.0 Å². The zero-order valence-electron chi connectivity index (χ0n) is 12.7. The van der Waals surface area contributed by atoms with Crippen LogP contribution < -0.4 is 15.5 Å². The highest BCUT2D eigenvalue weighted by atomic mass is 35.5. The van der Waals surface area contributed by atoms with E-state index in [1.54, 1.807) is 19.2 Å². The Kier molecular flexibility index (Phi) is 7.37. The molecule has 118 valence electrons. The Labute approximate surface area is 135 Å². The molecule has 0 aliphatic heterocycles. The minimum Gasteiger partial charge on any atom is -0.351 e. The van der Waals surface area contributed by atoms with Gasteiger partial charge >= 0.3 is 0 Å². The topological polar surface area (TPSA) is 86.4 Å². The maximum atomic E-state index is 12.0. The van der Waals surface area contributed by atoms with E-state index in [0.717, 1.165) is 11.3 Å². The number of anilines is 1. The first-order chi connectivity index (χ1) is 10.5. The molecule has 0 aromatic heterocycles. The number of halogens is 1. The predicted molar refractivity (Wildman–Crippen MR) is 84.7 cm³/mol. The lowest BCUT2D eigenvalue weighted by atomic mass is 10.2. The number of nitrogens with zero attached hydrogens (tertiary/aromatic N) is 1. The van der Waals surface area contributed by atoms with Crippen molar-refractivity contribution in [1.82, 2.24) is 5.32 Å². The summed E-state index contributed by atoms with van der Waals surface area (Å²) in [4.78, 5) is 24.3. The van der Waals surface area contributed by atoms with Gasteiger partial charge < -0.3 is 15.5 Å². The smallest absolute Gasteiger partial charge is 0.279 e. The Morgan fingerprint density at radius 3 is 2.64 bits per heavy atom. The number of carbonyl (C=O) groups is 2. The van der Waals surface area contributed by atoms with Crippen LogP contribution in [-0.2, 0) is 9.59 Å². The van der Waals surface area contributed by atoms with Crippen LogP contribution in [0.5, 0.6) is 0 Å². The Balaban J connectivity index is 2.54. The summed E-state index contributed by atoms with van der Waals surface area (Å²) in [6.07, 6.45) is 0.872. The number of benzene rings is 1. The number of likely N-dealkylation sites (N-methyl/N-ethyl adjacent to an activating group) is 1. The molecule has 0 spiro atoms. The summed E-state index contributed by atoms with van der Waals surface area (Å²) in [7, 11) is 1.76. The maximum absolute atomic E-state index is 12.0. The van der Waals surface area contributed by atoms with Gasteiger partial charge in [0.05, 0.1) is 18.3 Å². The maximum Gasteiger partial charge on any atom is 0.279 e. The van der Waals surface area contributed by atoms with E-state index in [9.17, 15) is 9.59 Å². The molecular formula is C15H20ClN4O2+. The van der Waals surface area contributed by atoms with Crippen LogP contribution in [0.4, 0.5) is 5.69 Å². The number of quaternary nitrogens is 1. The van der Waals surface area contributed by atoms with Gasteiger partial charge in [-0.2, -0.15) is 5.26 Å². The highest BCUT2D eigenvalue weighted by Gasteiger charge is 2.15. The molecule has 0 fully saturated rings. The van der Waals surface area contributed by atoms with Crippen molar-refractivity contribution in [3.8, 4) is 6.07 Å². The minimum absolute atomic E-state index is 0.0902. The van der Waals surface area contributed by atoms with Crippen molar-refractivity contribution in [1.29, 1.82) is 5.26 Å². The van der Waals surface area contributed by atoms with Crippen molar-refractivity contribution in [2.75, 3.05) is 32.0 Å². The first-order valence-electron chi connectivity index (χ1n) is 7.03. The molecule has 0 saturated carbocycles. The highest BCUT2D eigenvalue weighted by molar-refractivity contribution is 6.31. The number of hydrogen-bond donors (Lipinski definition) is 3. The Hall–Kier alpha value is -2.10. The number of hydrogen-bond acceptors (Lipinski definition) is 3. The Morgan fingerprint density at radius 2 is 2.00 bits per heavy atom. The normalized spacial score (nSPS) is 11.4. The fourth-order valence-corrected chi connectivity index (χ4v) is 2.02. The molecular weight excluding hydrogens is 304 g/mol. The molecule has 6 nitrogen and oxygen atoms in total. The number of carbonyl (C=O) groups excluding carboxylic acids is 2. The SMILES string of the molecule is CCCNC(=O)C[NH+](C)CC(=O)Nc1cc(Cl)ccc1C#N. The summed E-state index contributed by atoms with van der Waals surface area (Å²) in [6, 6.07) is 6.66. The van der Waals surface area contributed by atoms with Crippen molar-refractivity contribution < 1.29 is 14.5 Å². The highest BCUT2D eigenvalue weighted by Crippen LogP contribution is 2.19.